The second kappa shape index (κ2) is 7.54. The highest BCUT2D eigenvalue weighted by molar-refractivity contribution is 6.82. The number of hydrogen-bond donors (Lipinski definition) is 2. The largest absolute Gasteiger partial charge is 0.322 e. The number of hydrogen-bond acceptors (Lipinski definition) is 3. The molecular formula is C24H33FN4O2Si. The predicted octanol–water partition coefficient (Wildman–Crippen LogP) is 4.85. The van der Waals surface area contributed by atoms with E-state index in [0.717, 1.165) is 36.0 Å². The van der Waals surface area contributed by atoms with Gasteiger partial charge in [-0.2, -0.15) is 0 Å². The van der Waals surface area contributed by atoms with E-state index in [4.69, 9.17) is 0 Å². The molecule has 3 aliphatic rings. The van der Waals surface area contributed by atoms with Crippen LogP contribution in [0, 0.1) is 12.7 Å². The lowest BCUT2D eigenvalue weighted by Gasteiger charge is -2.49. The molecule has 0 aromatic heterocycles. The average molecular weight is 457 g/mol. The summed E-state index contributed by atoms with van der Waals surface area (Å²) in [4.78, 5) is 32.7. The van der Waals surface area contributed by atoms with Gasteiger partial charge >= 0.3 is 6.03 Å². The quantitative estimate of drug-likeness (QED) is 0.638. The summed E-state index contributed by atoms with van der Waals surface area (Å²) in [7, 11) is -1.70. The summed E-state index contributed by atoms with van der Waals surface area (Å²) in [5.41, 5.74) is 2.40. The minimum absolute atomic E-state index is 0.0814. The number of amidine groups is 1. The molecule has 1 aromatic carbocycles. The third-order valence-electron chi connectivity index (χ3n) is 7.69. The van der Waals surface area contributed by atoms with Gasteiger partial charge in [0.25, 0.3) is 0 Å². The number of aliphatic imine (C=N–C) groups is 1. The zero-order valence-electron chi connectivity index (χ0n) is 19.9. The molecule has 172 valence electrons. The molecule has 0 spiro atoms. The molecule has 0 saturated heterocycles. The monoisotopic (exact) mass is 456 g/mol. The summed E-state index contributed by atoms with van der Waals surface area (Å²) in [5.74, 6) is 0.214. The van der Waals surface area contributed by atoms with E-state index in [1.165, 1.54) is 6.07 Å². The van der Waals surface area contributed by atoms with Crippen molar-refractivity contribution in [3.8, 4) is 0 Å². The van der Waals surface area contributed by atoms with E-state index in [-0.39, 0.29) is 22.7 Å². The number of halogens is 1. The fourth-order valence-electron chi connectivity index (χ4n) is 5.18. The highest BCUT2D eigenvalue weighted by Crippen LogP contribution is 2.55. The molecule has 1 aromatic rings. The molecule has 1 aliphatic carbocycles. The van der Waals surface area contributed by atoms with Crippen molar-refractivity contribution in [2.24, 2.45) is 4.99 Å². The maximum Gasteiger partial charge on any atom is 0.322 e. The topological polar surface area (TPSA) is 73.8 Å². The summed E-state index contributed by atoms with van der Waals surface area (Å²) >= 11 is 0. The standard InChI is InChI=1S/C24H33FN4O2Si/c1-15-8-9-18(25)19(12-15)27-22(31)29-14-16-17(23(29,2)3)13-26-20(16)28-21(30)24(10-7-11-24)32(4,5)6/h8-9,12H,7,10-11,13-14H2,1-6H3,(H,27,31)(H,26,28,30). The number of nitrogens with one attached hydrogen (secondary N) is 2. The summed E-state index contributed by atoms with van der Waals surface area (Å²) in [6.45, 7) is 13.3. The van der Waals surface area contributed by atoms with Gasteiger partial charge in [-0.25, -0.2) is 9.18 Å². The Balaban J connectivity index is 1.51. The summed E-state index contributed by atoms with van der Waals surface area (Å²) in [5, 5.41) is 5.61. The highest BCUT2D eigenvalue weighted by atomic mass is 28.3. The van der Waals surface area contributed by atoms with Crippen molar-refractivity contribution in [3.63, 3.8) is 0 Å². The van der Waals surface area contributed by atoms with E-state index < -0.39 is 19.4 Å². The van der Waals surface area contributed by atoms with Crippen LogP contribution in [0.15, 0.2) is 34.3 Å². The van der Waals surface area contributed by atoms with Gasteiger partial charge in [0.2, 0.25) is 5.91 Å². The first-order valence-electron chi connectivity index (χ1n) is 11.3. The van der Waals surface area contributed by atoms with Crippen molar-refractivity contribution in [2.75, 3.05) is 18.4 Å². The number of nitrogens with zero attached hydrogens (tertiary/aromatic N) is 2. The number of amides is 3. The van der Waals surface area contributed by atoms with Crippen LogP contribution in [0.1, 0.15) is 38.7 Å². The van der Waals surface area contributed by atoms with Gasteiger partial charge in [-0.05, 0) is 56.9 Å². The first-order valence-corrected chi connectivity index (χ1v) is 14.8. The molecule has 6 nitrogen and oxygen atoms in total. The molecule has 2 heterocycles. The van der Waals surface area contributed by atoms with Crippen molar-refractivity contribution in [1.82, 2.24) is 10.2 Å². The van der Waals surface area contributed by atoms with Crippen LogP contribution in [0.2, 0.25) is 24.7 Å². The van der Waals surface area contributed by atoms with Crippen molar-refractivity contribution >= 4 is 31.5 Å². The number of carbonyl (C=O) groups excluding carboxylic acids is 2. The fraction of sp³-hybridized carbons (Fsp3) is 0.542. The molecular weight excluding hydrogens is 423 g/mol. The number of urea groups is 1. The Morgan fingerprint density at radius 3 is 2.44 bits per heavy atom. The van der Waals surface area contributed by atoms with Crippen LogP contribution in [0.3, 0.4) is 0 Å². The van der Waals surface area contributed by atoms with Crippen molar-refractivity contribution in [2.45, 2.75) is 70.3 Å². The molecule has 1 saturated carbocycles. The van der Waals surface area contributed by atoms with Gasteiger partial charge in [-0.15, -0.1) is 0 Å². The van der Waals surface area contributed by atoms with Crippen molar-refractivity contribution in [1.29, 1.82) is 0 Å². The van der Waals surface area contributed by atoms with Gasteiger partial charge in [-0.1, -0.05) is 32.1 Å². The van der Waals surface area contributed by atoms with E-state index >= 15 is 0 Å². The Morgan fingerprint density at radius 1 is 1.16 bits per heavy atom. The van der Waals surface area contributed by atoms with Gasteiger partial charge in [0.15, 0.2) is 0 Å². The SMILES string of the molecule is Cc1ccc(F)c(NC(=O)N2CC3=C(CN=C3NC(=O)C3([Si](C)(C)C)CCC3)C2(C)C)c1. The predicted molar refractivity (Wildman–Crippen MR) is 128 cm³/mol. The third kappa shape index (κ3) is 3.48. The smallest absolute Gasteiger partial charge is 0.311 e. The third-order valence-corrected chi connectivity index (χ3v) is 11.3. The minimum Gasteiger partial charge on any atom is -0.311 e. The second-order valence-corrected chi connectivity index (χ2v) is 16.3. The van der Waals surface area contributed by atoms with Gasteiger partial charge < -0.3 is 15.5 Å². The lowest BCUT2D eigenvalue weighted by molar-refractivity contribution is -0.125. The van der Waals surface area contributed by atoms with Crippen LogP contribution in [-0.2, 0) is 4.79 Å². The van der Waals surface area contributed by atoms with Gasteiger partial charge in [0.1, 0.15) is 11.7 Å². The summed E-state index contributed by atoms with van der Waals surface area (Å²) in [6.07, 6.45) is 2.97. The zero-order valence-corrected chi connectivity index (χ0v) is 20.9. The first kappa shape index (κ1) is 22.7. The molecule has 4 rings (SSSR count). The molecule has 0 radical (unpaired) electrons. The Bertz CT molecular complexity index is 1050. The van der Waals surface area contributed by atoms with E-state index in [1.807, 2.05) is 20.8 Å². The Kier molecular flexibility index (Phi) is 5.35. The lowest BCUT2D eigenvalue weighted by Crippen LogP contribution is -2.55. The number of benzene rings is 1. The highest BCUT2D eigenvalue weighted by Gasteiger charge is 2.54. The molecule has 1 fully saturated rings. The number of anilines is 1. The minimum atomic E-state index is -1.70. The average Bonchev–Trinajstić information content (AvgIpc) is 3.14. The molecule has 0 unspecified atom stereocenters. The molecule has 8 heteroatoms. The fourth-order valence-corrected chi connectivity index (χ4v) is 7.77. The van der Waals surface area contributed by atoms with Gasteiger partial charge in [-0.3, -0.25) is 9.79 Å². The molecule has 0 bridgehead atoms. The van der Waals surface area contributed by atoms with Crippen LogP contribution in [0.4, 0.5) is 14.9 Å². The van der Waals surface area contributed by atoms with Crippen LogP contribution in [-0.4, -0.2) is 49.4 Å². The number of carbonyl (C=O) groups is 2. The number of aryl methyl sites for hydroxylation is 1. The second-order valence-electron chi connectivity index (χ2n) is 10.8. The van der Waals surface area contributed by atoms with Crippen molar-refractivity contribution < 1.29 is 14.0 Å². The zero-order chi connectivity index (χ0) is 23.5. The van der Waals surface area contributed by atoms with Crippen LogP contribution < -0.4 is 10.6 Å². The van der Waals surface area contributed by atoms with Crippen molar-refractivity contribution in [3.05, 3.63) is 40.7 Å². The maximum atomic E-state index is 14.2. The molecule has 3 amide bonds. The Hall–Kier alpha value is -2.48. The van der Waals surface area contributed by atoms with Crippen LogP contribution in [0.25, 0.3) is 0 Å². The molecule has 0 atom stereocenters. The Labute approximate surface area is 190 Å². The van der Waals surface area contributed by atoms with Crippen LogP contribution in [0.5, 0.6) is 0 Å². The normalized spacial score (nSPS) is 21.1. The van der Waals surface area contributed by atoms with Gasteiger partial charge in [0, 0.05) is 10.6 Å². The van der Waals surface area contributed by atoms with E-state index in [1.54, 1.807) is 17.0 Å². The maximum absolute atomic E-state index is 14.2. The molecule has 2 N–H and O–H groups in total. The van der Waals surface area contributed by atoms with E-state index in [9.17, 15) is 14.0 Å². The summed E-state index contributed by atoms with van der Waals surface area (Å²) in [6, 6.07) is 4.28. The number of rotatable bonds is 3. The Morgan fingerprint density at radius 2 is 1.84 bits per heavy atom. The molecule has 32 heavy (non-hydrogen) atoms. The first-order chi connectivity index (χ1) is 14.9. The van der Waals surface area contributed by atoms with Gasteiger partial charge in [0.05, 0.1) is 32.4 Å². The van der Waals surface area contributed by atoms with E-state index in [2.05, 4.69) is 35.3 Å². The lowest BCUT2D eigenvalue weighted by atomic mass is 9.83. The summed E-state index contributed by atoms with van der Waals surface area (Å²) < 4.78 is 14.2. The van der Waals surface area contributed by atoms with Crippen LogP contribution >= 0.6 is 0 Å². The molecule has 2 aliphatic heterocycles. The van der Waals surface area contributed by atoms with E-state index in [0.29, 0.717) is 18.9 Å².